The van der Waals surface area contributed by atoms with E-state index in [4.69, 9.17) is 4.74 Å². The van der Waals surface area contributed by atoms with E-state index >= 15 is 0 Å². The van der Waals surface area contributed by atoms with Gasteiger partial charge < -0.3 is 19.9 Å². The van der Waals surface area contributed by atoms with Crippen LogP contribution in [0.3, 0.4) is 0 Å². The van der Waals surface area contributed by atoms with E-state index in [0.717, 1.165) is 37.2 Å². The maximum atomic E-state index is 13.0. The average molecular weight is 664 g/mol. The van der Waals surface area contributed by atoms with Crippen molar-refractivity contribution in [1.29, 1.82) is 0 Å². The van der Waals surface area contributed by atoms with Gasteiger partial charge in [-0.15, -0.1) is 0 Å². The molecule has 1 unspecified atom stereocenters. The largest absolute Gasteiger partial charge is 0.489 e. The van der Waals surface area contributed by atoms with Gasteiger partial charge in [-0.25, -0.2) is 4.68 Å². The molecule has 2 saturated heterocycles. The number of fused-ring (bicyclic) bond motifs is 1. The number of piperidine rings is 2. The highest BCUT2D eigenvalue weighted by atomic mass is 79.9. The predicted octanol–water partition coefficient (Wildman–Crippen LogP) is 3.03. The summed E-state index contributed by atoms with van der Waals surface area (Å²) in [5.74, 6) is 0.553. The molecule has 3 aliphatic rings. The van der Waals surface area contributed by atoms with E-state index in [2.05, 4.69) is 67.9 Å². The van der Waals surface area contributed by atoms with Gasteiger partial charge in [0.15, 0.2) is 0 Å². The molecule has 0 spiro atoms. The van der Waals surface area contributed by atoms with Gasteiger partial charge in [0.05, 0.1) is 11.9 Å². The molecule has 12 heteroatoms. The van der Waals surface area contributed by atoms with Gasteiger partial charge in [0.25, 0.3) is 11.5 Å². The molecule has 2 fully saturated rings. The summed E-state index contributed by atoms with van der Waals surface area (Å²) in [4.78, 5) is 52.9. The molecule has 1 aromatic heterocycles. The Hall–Kier alpha value is -4.03. The summed E-state index contributed by atoms with van der Waals surface area (Å²) in [5, 5.41) is 9.86. The minimum Gasteiger partial charge on any atom is -0.489 e. The van der Waals surface area contributed by atoms with Crippen molar-refractivity contribution in [3.63, 3.8) is 0 Å². The standard InChI is InChI=1S/C32H35BrN6O5/c1-37-15-20(13-34-26-14-35-38(2)32(43)29(26)33)11-22(16-37)21-5-3-19(4-6-21)18-44-24-7-8-25-23(12-24)17-39(31(25)42)27-9-10-28(40)36-30(27)41/h3-8,12,14,20,22,27,34H,9-11,13,15-18H2,1-2H3,(H,36,40,41)/t20-,22-,27?/m0/s1. The lowest BCUT2D eigenvalue weighted by Crippen LogP contribution is -2.52. The quantitative estimate of drug-likeness (QED) is 0.353. The first-order valence-electron chi connectivity index (χ1n) is 14.8. The molecular weight excluding hydrogens is 628 g/mol. The number of rotatable bonds is 8. The molecule has 0 saturated carbocycles. The molecule has 6 rings (SSSR count). The molecule has 44 heavy (non-hydrogen) atoms. The molecule has 3 amide bonds. The van der Waals surface area contributed by atoms with Gasteiger partial charge >= 0.3 is 0 Å². The van der Waals surface area contributed by atoms with E-state index in [9.17, 15) is 19.2 Å². The summed E-state index contributed by atoms with van der Waals surface area (Å²) < 4.78 is 7.89. The maximum absolute atomic E-state index is 13.0. The van der Waals surface area contributed by atoms with Crippen molar-refractivity contribution < 1.29 is 19.1 Å². The lowest BCUT2D eigenvalue weighted by molar-refractivity contribution is -0.136. The SMILES string of the molecule is CN1C[C@H](CNc2cnn(C)c(=O)c2Br)C[C@H](c2ccc(COc3ccc4c(c3)CN(C3CCC(=O)NC3=O)C4=O)cc2)C1. The monoisotopic (exact) mass is 662 g/mol. The number of anilines is 1. The summed E-state index contributed by atoms with van der Waals surface area (Å²) in [6.45, 7) is 3.41. The van der Waals surface area contributed by atoms with E-state index in [1.54, 1.807) is 30.3 Å². The van der Waals surface area contributed by atoms with Crippen LogP contribution in [-0.2, 0) is 29.8 Å². The second-order valence-electron chi connectivity index (χ2n) is 12.0. The number of hydrogen-bond donors (Lipinski definition) is 2. The maximum Gasteiger partial charge on any atom is 0.282 e. The molecule has 3 aliphatic heterocycles. The third-order valence-corrected chi connectivity index (χ3v) is 9.50. The predicted molar refractivity (Wildman–Crippen MR) is 167 cm³/mol. The Labute approximate surface area is 263 Å². The number of amides is 3. The van der Waals surface area contributed by atoms with Gasteiger partial charge in [0, 0.05) is 45.2 Å². The van der Waals surface area contributed by atoms with E-state index in [0.29, 0.717) is 52.9 Å². The van der Waals surface area contributed by atoms with E-state index < -0.39 is 11.9 Å². The third kappa shape index (κ3) is 6.27. The fraction of sp³-hybridized carbons (Fsp3) is 0.406. The van der Waals surface area contributed by atoms with E-state index in [-0.39, 0.29) is 23.8 Å². The molecule has 230 valence electrons. The van der Waals surface area contributed by atoms with Crippen molar-refractivity contribution in [3.05, 3.63) is 85.7 Å². The van der Waals surface area contributed by atoms with Gasteiger partial charge in [-0.1, -0.05) is 24.3 Å². The number of nitrogens with zero attached hydrogens (tertiary/aromatic N) is 4. The summed E-state index contributed by atoms with van der Waals surface area (Å²) in [6, 6.07) is 13.3. The van der Waals surface area contributed by atoms with Crippen LogP contribution in [0.2, 0.25) is 0 Å². The summed E-state index contributed by atoms with van der Waals surface area (Å²) in [5.41, 5.74) is 4.25. The summed E-state index contributed by atoms with van der Waals surface area (Å²) >= 11 is 3.39. The van der Waals surface area contributed by atoms with Crippen LogP contribution in [0.5, 0.6) is 5.75 Å². The number of ether oxygens (including phenoxy) is 1. The highest BCUT2D eigenvalue weighted by Crippen LogP contribution is 2.32. The van der Waals surface area contributed by atoms with E-state index in [1.807, 2.05) is 6.07 Å². The van der Waals surface area contributed by atoms with Crippen LogP contribution in [-0.4, -0.2) is 70.0 Å². The molecular formula is C32H35BrN6O5. The lowest BCUT2D eigenvalue weighted by atomic mass is 9.84. The highest BCUT2D eigenvalue weighted by molar-refractivity contribution is 9.10. The zero-order chi connectivity index (χ0) is 31.0. The van der Waals surface area contributed by atoms with Gasteiger partial charge in [-0.3, -0.25) is 24.5 Å². The Kier molecular flexibility index (Phi) is 8.55. The third-order valence-electron chi connectivity index (χ3n) is 8.73. The number of likely N-dealkylation sites (tertiary alicyclic amines) is 1. The van der Waals surface area contributed by atoms with Crippen molar-refractivity contribution >= 4 is 39.3 Å². The molecule has 2 N–H and O–H groups in total. The first-order chi connectivity index (χ1) is 21.2. The van der Waals surface area contributed by atoms with Gasteiger partial charge in [-0.05, 0) is 82.5 Å². The number of nitrogens with one attached hydrogen (secondary N) is 2. The minimum absolute atomic E-state index is 0.166. The molecule has 4 heterocycles. The van der Waals surface area contributed by atoms with Gasteiger partial charge in [-0.2, -0.15) is 5.10 Å². The van der Waals surface area contributed by atoms with Crippen molar-refractivity contribution in [2.75, 3.05) is 32.0 Å². The smallest absolute Gasteiger partial charge is 0.282 e. The van der Waals surface area contributed by atoms with Crippen LogP contribution in [0.15, 0.2) is 57.9 Å². The second-order valence-corrected chi connectivity index (χ2v) is 12.7. The summed E-state index contributed by atoms with van der Waals surface area (Å²) in [7, 11) is 3.77. The van der Waals surface area contributed by atoms with Crippen molar-refractivity contribution in [2.45, 2.75) is 44.4 Å². The fourth-order valence-corrected chi connectivity index (χ4v) is 6.91. The van der Waals surface area contributed by atoms with Gasteiger partial charge in [0.1, 0.15) is 22.9 Å². The lowest BCUT2D eigenvalue weighted by Gasteiger charge is -2.36. The molecule has 3 aromatic rings. The summed E-state index contributed by atoms with van der Waals surface area (Å²) in [6.07, 6.45) is 3.28. The second kappa shape index (κ2) is 12.5. The number of aromatic nitrogens is 2. The molecule has 3 atom stereocenters. The number of carbonyl (C=O) groups excluding carboxylic acids is 3. The number of hydrogen-bond acceptors (Lipinski definition) is 8. The van der Waals surface area contributed by atoms with Crippen LogP contribution < -0.4 is 20.9 Å². The fourth-order valence-electron chi connectivity index (χ4n) is 6.41. The zero-order valence-corrected chi connectivity index (χ0v) is 26.3. The number of aryl methyl sites for hydroxylation is 1. The van der Waals surface area contributed by atoms with Crippen molar-refractivity contribution in [2.24, 2.45) is 13.0 Å². The first kappa shape index (κ1) is 30.0. The Bertz CT molecular complexity index is 1660. The Morgan fingerprint density at radius 3 is 2.64 bits per heavy atom. The van der Waals surface area contributed by atoms with Crippen LogP contribution >= 0.6 is 15.9 Å². The van der Waals surface area contributed by atoms with Crippen LogP contribution in [0.25, 0.3) is 0 Å². The van der Waals surface area contributed by atoms with Crippen LogP contribution in [0.1, 0.15) is 52.2 Å². The molecule has 0 bridgehead atoms. The van der Waals surface area contributed by atoms with Gasteiger partial charge in [0.2, 0.25) is 11.8 Å². The molecule has 0 aliphatic carbocycles. The topological polar surface area (TPSA) is 126 Å². The number of benzene rings is 2. The van der Waals surface area contributed by atoms with Crippen molar-refractivity contribution in [1.82, 2.24) is 24.9 Å². The number of likely N-dealkylation sites (N-methyl/N-ethyl adjacent to an activating group) is 1. The van der Waals surface area contributed by atoms with Crippen molar-refractivity contribution in [3.8, 4) is 5.75 Å². The zero-order valence-electron chi connectivity index (χ0n) is 24.7. The van der Waals surface area contributed by atoms with Crippen LogP contribution in [0.4, 0.5) is 5.69 Å². The average Bonchev–Trinajstić information content (AvgIpc) is 3.33. The number of imide groups is 1. The molecule has 2 aromatic carbocycles. The molecule has 11 nitrogen and oxygen atoms in total. The first-order valence-corrected chi connectivity index (χ1v) is 15.6. The minimum atomic E-state index is -0.634. The van der Waals surface area contributed by atoms with Crippen LogP contribution in [0, 0.1) is 5.92 Å². The molecule has 0 radical (unpaired) electrons. The Morgan fingerprint density at radius 2 is 1.86 bits per heavy atom. The number of halogens is 1. The Balaban J connectivity index is 1.04. The van der Waals surface area contributed by atoms with E-state index in [1.165, 1.54) is 10.2 Å². The normalized spacial score (nSPS) is 22.1. The number of carbonyl (C=O) groups is 3. The highest BCUT2D eigenvalue weighted by Gasteiger charge is 2.39. The Morgan fingerprint density at radius 1 is 1.07 bits per heavy atom.